The molecule has 0 unspecified atom stereocenters. The Labute approximate surface area is 109 Å². The van der Waals surface area contributed by atoms with E-state index in [1.165, 1.54) is 0 Å². The van der Waals surface area contributed by atoms with E-state index in [2.05, 4.69) is 49.9 Å². The van der Waals surface area contributed by atoms with E-state index in [4.69, 9.17) is 0 Å². The van der Waals surface area contributed by atoms with Crippen molar-refractivity contribution < 1.29 is 0 Å². The summed E-state index contributed by atoms with van der Waals surface area (Å²) in [5.41, 5.74) is 1.16. The number of hydrogen-bond donors (Lipinski definition) is 1. The summed E-state index contributed by atoms with van der Waals surface area (Å²) in [5.74, 6) is 2.70. The van der Waals surface area contributed by atoms with Crippen molar-refractivity contribution in [2.45, 2.75) is 51.0 Å². The van der Waals surface area contributed by atoms with Gasteiger partial charge in [-0.3, -0.25) is 0 Å². The van der Waals surface area contributed by atoms with Crippen molar-refractivity contribution in [1.29, 1.82) is 0 Å². The Balaban J connectivity index is 2.97. The van der Waals surface area contributed by atoms with Crippen LogP contribution >= 0.6 is 11.8 Å². The minimum Gasteiger partial charge on any atom is -0.373 e. The number of thioether (sulfide) groups is 1. The van der Waals surface area contributed by atoms with Crippen molar-refractivity contribution in [2.75, 3.05) is 12.4 Å². The molecule has 1 aromatic rings. The first-order valence-corrected chi connectivity index (χ1v) is 7.05. The first-order valence-electron chi connectivity index (χ1n) is 6.00. The first-order chi connectivity index (χ1) is 7.82. The van der Waals surface area contributed by atoms with E-state index < -0.39 is 0 Å². The zero-order valence-corrected chi connectivity index (χ0v) is 12.5. The topological polar surface area (TPSA) is 37.8 Å². The number of hydrogen-bond acceptors (Lipinski definition) is 4. The lowest BCUT2D eigenvalue weighted by Crippen LogP contribution is -2.16. The largest absolute Gasteiger partial charge is 0.373 e. The van der Waals surface area contributed by atoms with Crippen LogP contribution in [-0.2, 0) is 11.2 Å². The molecule has 96 valence electrons. The third-order valence-electron chi connectivity index (χ3n) is 2.34. The fourth-order valence-electron chi connectivity index (χ4n) is 1.32. The number of nitrogens with zero attached hydrogens (tertiary/aromatic N) is 2. The predicted octanol–water partition coefficient (Wildman–Crippen LogP) is 3.46. The van der Waals surface area contributed by atoms with Gasteiger partial charge >= 0.3 is 0 Å². The van der Waals surface area contributed by atoms with Gasteiger partial charge in [0.2, 0.25) is 0 Å². The average molecular weight is 253 g/mol. The molecule has 0 aliphatic carbocycles. The molecule has 0 spiro atoms. The smallest absolute Gasteiger partial charge is 0.140 e. The summed E-state index contributed by atoms with van der Waals surface area (Å²) < 4.78 is 0. The zero-order chi connectivity index (χ0) is 13.1. The summed E-state index contributed by atoms with van der Waals surface area (Å²) in [6.45, 7) is 10.9. The van der Waals surface area contributed by atoms with Crippen LogP contribution in [-0.4, -0.2) is 22.3 Å². The predicted molar refractivity (Wildman–Crippen MR) is 76.7 cm³/mol. The Bertz CT molecular complexity index is 369. The molecular formula is C13H23N3S. The van der Waals surface area contributed by atoms with Gasteiger partial charge in [0.1, 0.15) is 11.6 Å². The van der Waals surface area contributed by atoms with Crippen molar-refractivity contribution in [2.24, 2.45) is 0 Å². The third-order valence-corrected chi connectivity index (χ3v) is 3.43. The summed E-state index contributed by atoms with van der Waals surface area (Å²) in [6.07, 6.45) is 0. The highest BCUT2D eigenvalue weighted by Crippen LogP contribution is 2.24. The maximum absolute atomic E-state index is 4.65. The van der Waals surface area contributed by atoms with E-state index in [9.17, 15) is 0 Å². The number of rotatable bonds is 4. The number of anilines is 1. The summed E-state index contributed by atoms with van der Waals surface area (Å²) in [6, 6.07) is 2.03. The summed E-state index contributed by atoms with van der Waals surface area (Å²) in [7, 11) is 1.90. The third kappa shape index (κ3) is 4.54. The van der Waals surface area contributed by atoms with Gasteiger partial charge in [-0.1, -0.05) is 34.6 Å². The second-order valence-corrected chi connectivity index (χ2v) is 6.98. The quantitative estimate of drug-likeness (QED) is 0.892. The summed E-state index contributed by atoms with van der Waals surface area (Å²) in [4.78, 5) is 9.15. The monoisotopic (exact) mass is 253 g/mol. The molecule has 0 bridgehead atoms. The highest BCUT2D eigenvalue weighted by atomic mass is 32.2. The molecule has 0 atom stereocenters. The van der Waals surface area contributed by atoms with E-state index in [0.717, 1.165) is 23.1 Å². The van der Waals surface area contributed by atoms with Crippen molar-refractivity contribution in [3.05, 3.63) is 17.6 Å². The second-order valence-electron chi connectivity index (χ2n) is 5.41. The lowest BCUT2D eigenvalue weighted by molar-refractivity contribution is 0.564. The van der Waals surface area contributed by atoms with Gasteiger partial charge in [-0.15, -0.1) is 0 Å². The molecule has 17 heavy (non-hydrogen) atoms. The lowest BCUT2D eigenvalue weighted by atomic mass is 9.92. The second kappa shape index (κ2) is 5.71. The zero-order valence-electron chi connectivity index (χ0n) is 11.7. The maximum atomic E-state index is 4.65. The summed E-state index contributed by atoms with van der Waals surface area (Å²) in [5, 5.41) is 3.71. The Morgan fingerprint density at radius 1 is 1.29 bits per heavy atom. The molecule has 0 aromatic carbocycles. The lowest BCUT2D eigenvalue weighted by Gasteiger charge is -2.19. The van der Waals surface area contributed by atoms with Crippen LogP contribution in [0.5, 0.6) is 0 Å². The van der Waals surface area contributed by atoms with Crippen LogP contribution in [0.1, 0.15) is 46.1 Å². The minimum absolute atomic E-state index is 0.0613. The van der Waals surface area contributed by atoms with Crippen LogP contribution in [0.4, 0.5) is 5.82 Å². The molecule has 0 saturated carbocycles. The van der Waals surface area contributed by atoms with Gasteiger partial charge in [0, 0.05) is 18.5 Å². The molecule has 0 fully saturated rings. The van der Waals surface area contributed by atoms with E-state index in [1.807, 2.05) is 24.9 Å². The molecule has 1 rings (SSSR count). The highest BCUT2D eigenvalue weighted by molar-refractivity contribution is 7.99. The standard InChI is InChI=1S/C13H23N3S/c1-9(2)17-8-12-15-10(13(3,4)5)7-11(14-6)16-12/h7,9H,8H2,1-6H3,(H,14,15,16). The van der Waals surface area contributed by atoms with Crippen molar-refractivity contribution in [3.8, 4) is 0 Å². The molecule has 1 heterocycles. The van der Waals surface area contributed by atoms with Gasteiger partial charge in [0.15, 0.2) is 0 Å². The molecule has 1 aromatic heterocycles. The maximum Gasteiger partial charge on any atom is 0.140 e. The normalized spacial score (nSPS) is 11.9. The van der Waals surface area contributed by atoms with Gasteiger partial charge in [0.05, 0.1) is 11.4 Å². The minimum atomic E-state index is 0.0613. The van der Waals surface area contributed by atoms with Crippen molar-refractivity contribution >= 4 is 17.6 Å². The van der Waals surface area contributed by atoms with Gasteiger partial charge in [-0.25, -0.2) is 9.97 Å². The fourth-order valence-corrected chi connectivity index (χ4v) is 1.93. The van der Waals surface area contributed by atoms with Crippen LogP contribution in [0.15, 0.2) is 6.07 Å². The average Bonchev–Trinajstić information content (AvgIpc) is 2.24. The van der Waals surface area contributed by atoms with Crippen molar-refractivity contribution in [3.63, 3.8) is 0 Å². The number of nitrogens with one attached hydrogen (secondary N) is 1. The Morgan fingerprint density at radius 2 is 1.94 bits per heavy atom. The van der Waals surface area contributed by atoms with E-state index in [-0.39, 0.29) is 5.41 Å². The van der Waals surface area contributed by atoms with E-state index in [1.54, 1.807) is 0 Å². The Hall–Kier alpha value is -0.770. The van der Waals surface area contributed by atoms with Crippen LogP contribution in [0.25, 0.3) is 0 Å². The van der Waals surface area contributed by atoms with Crippen LogP contribution < -0.4 is 5.32 Å². The molecule has 0 aliphatic heterocycles. The first kappa shape index (κ1) is 14.3. The molecule has 0 radical (unpaired) electrons. The SMILES string of the molecule is CNc1cc(C(C)(C)C)nc(CSC(C)C)n1. The molecule has 1 N–H and O–H groups in total. The number of aromatic nitrogens is 2. The Kier molecular flexibility index (Phi) is 4.80. The molecule has 0 amide bonds. The van der Waals surface area contributed by atoms with E-state index in [0.29, 0.717) is 5.25 Å². The Morgan fingerprint density at radius 3 is 2.41 bits per heavy atom. The van der Waals surface area contributed by atoms with Gasteiger partial charge < -0.3 is 5.32 Å². The summed E-state index contributed by atoms with van der Waals surface area (Å²) >= 11 is 1.87. The fraction of sp³-hybridized carbons (Fsp3) is 0.692. The van der Waals surface area contributed by atoms with Crippen LogP contribution in [0.2, 0.25) is 0 Å². The van der Waals surface area contributed by atoms with Gasteiger partial charge in [-0.05, 0) is 5.25 Å². The van der Waals surface area contributed by atoms with Crippen molar-refractivity contribution in [1.82, 2.24) is 9.97 Å². The van der Waals surface area contributed by atoms with Crippen LogP contribution in [0, 0.1) is 0 Å². The van der Waals surface area contributed by atoms with Crippen LogP contribution in [0.3, 0.4) is 0 Å². The molecule has 0 aliphatic rings. The van der Waals surface area contributed by atoms with Gasteiger partial charge in [0.25, 0.3) is 0 Å². The van der Waals surface area contributed by atoms with Gasteiger partial charge in [-0.2, -0.15) is 11.8 Å². The molecule has 3 nitrogen and oxygen atoms in total. The highest BCUT2D eigenvalue weighted by Gasteiger charge is 2.17. The van der Waals surface area contributed by atoms with E-state index >= 15 is 0 Å². The molecular weight excluding hydrogens is 230 g/mol. The molecule has 0 saturated heterocycles. The molecule has 4 heteroatoms.